The molecule has 0 aliphatic rings. The van der Waals surface area contributed by atoms with Gasteiger partial charge in [0.05, 0.1) is 0 Å². The van der Waals surface area contributed by atoms with Gasteiger partial charge < -0.3 is 0 Å². The summed E-state index contributed by atoms with van der Waals surface area (Å²) in [5.41, 5.74) is 3.12. The number of allylic oxidation sites excluding steroid dienone is 1. The van der Waals surface area contributed by atoms with Crippen LogP contribution < -0.4 is 0 Å². The van der Waals surface area contributed by atoms with E-state index in [-0.39, 0.29) is 17.6 Å². The van der Waals surface area contributed by atoms with Gasteiger partial charge in [0, 0.05) is 23.8 Å². The Balaban J connectivity index is 1.95. The Bertz CT molecular complexity index is 806. The van der Waals surface area contributed by atoms with Crippen LogP contribution in [0.15, 0.2) is 104 Å². The van der Waals surface area contributed by atoms with Gasteiger partial charge in [-0.25, -0.2) is 0 Å². The molecule has 124 valence electrons. The number of rotatable bonds is 7. The average Bonchev–Trinajstić information content (AvgIpc) is 2.70. The van der Waals surface area contributed by atoms with E-state index in [0.717, 1.165) is 5.56 Å². The van der Waals surface area contributed by atoms with Crippen molar-refractivity contribution < 1.29 is 4.79 Å². The lowest BCUT2D eigenvalue weighted by molar-refractivity contribution is 0.0971. The highest BCUT2D eigenvalue weighted by molar-refractivity contribution is 5.96. The van der Waals surface area contributed by atoms with Crippen molar-refractivity contribution in [1.29, 1.82) is 0 Å². The van der Waals surface area contributed by atoms with Crippen LogP contribution in [0.3, 0.4) is 0 Å². The van der Waals surface area contributed by atoms with Gasteiger partial charge in [0.25, 0.3) is 0 Å². The van der Waals surface area contributed by atoms with Crippen LogP contribution in [0.1, 0.15) is 39.7 Å². The summed E-state index contributed by atoms with van der Waals surface area (Å²) in [6, 6.07) is 30.1. The van der Waals surface area contributed by atoms with Crippen LogP contribution in [-0.2, 0) is 0 Å². The smallest absolute Gasteiger partial charge is 0.163 e. The lowest BCUT2D eigenvalue weighted by Crippen LogP contribution is -2.14. The maximum Gasteiger partial charge on any atom is 0.163 e. The molecule has 0 aliphatic carbocycles. The van der Waals surface area contributed by atoms with Crippen molar-refractivity contribution in [3.05, 3.63) is 120 Å². The van der Waals surface area contributed by atoms with Crippen LogP contribution in [0, 0.1) is 0 Å². The summed E-state index contributed by atoms with van der Waals surface area (Å²) in [5, 5.41) is 0. The summed E-state index contributed by atoms with van der Waals surface area (Å²) in [4.78, 5) is 12.8. The van der Waals surface area contributed by atoms with Crippen LogP contribution in [-0.4, -0.2) is 5.78 Å². The normalized spacial score (nSPS) is 13.0. The summed E-state index contributed by atoms with van der Waals surface area (Å²) in [5.74, 6) is 0.322. The van der Waals surface area contributed by atoms with Crippen LogP contribution in [0.25, 0.3) is 0 Å². The largest absolute Gasteiger partial charge is 0.294 e. The molecule has 3 aromatic rings. The molecule has 2 unspecified atom stereocenters. The van der Waals surface area contributed by atoms with E-state index in [1.165, 1.54) is 11.1 Å². The van der Waals surface area contributed by atoms with Gasteiger partial charge in [-0.15, -0.1) is 6.58 Å². The fourth-order valence-corrected chi connectivity index (χ4v) is 3.30. The van der Waals surface area contributed by atoms with Crippen molar-refractivity contribution in [2.75, 3.05) is 0 Å². The Hall–Kier alpha value is -2.93. The zero-order valence-electron chi connectivity index (χ0n) is 14.2. The minimum atomic E-state index is 0.0637. The summed E-state index contributed by atoms with van der Waals surface area (Å²) in [6.45, 7) is 4.05. The molecule has 0 bridgehead atoms. The molecule has 0 spiro atoms. The quantitative estimate of drug-likeness (QED) is 0.383. The minimum absolute atomic E-state index is 0.0637. The van der Waals surface area contributed by atoms with Gasteiger partial charge in [-0.3, -0.25) is 4.79 Å². The fraction of sp³-hybridized carbons (Fsp3) is 0.125. The van der Waals surface area contributed by atoms with E-state index in [1.807, 2.05) is 72.8 Å². The molecular weight excluding hydrogens is 304 g/mol. The number of hydrogen-bond donors (Lipinski definition) is 0. The van der Waals surface area contributed by atoms with E-state index < -0.39 is 0 Å². The third kappa shape index (κ3) is 4.13. The molecule has 1 nitrogen and oxygen atoms in total. The van der Waals surface area contributed by atoms with Gasteiger partial charge in [0.2, 0.25) is 0 Å². The molecule has 0 fully saturated rings. The SMILES string of the molecule is C=CC(c1ccccc1)C(CC(=O)c1ccccc1)c1ccccc1. The molecule has 25 heavy (non-hydrogen) atoms. The fourth-order valence-electron chi connectivity index (χ4n) is 3.30. The molecule has 0 saturated heterocycles. The third-order valence-corrected chi connectivity index (χ3v) is 4.60. The molecule has 0 N–H and O–H groups in total. The lowest BCUT2D eigenvalue weighted by Gasteiger charge is -2.25. The van der Waals surface area contributed by atoms with Crippen molar-refractivity contribution in [2.24, 2.45) is 0 Å². The van der Waals surface area contributed by atoms with Gasteiger partial charge in [0.1, 0.15) is 0 Å². The molecule has 0 amide bonds. The maximum atomic E-state index is 12.8. The van der Waals surface area contributed by atoms with E-state index in [0.29, 0.717) is 6.42 Å². The molecule has 0 saturated carbocycles. The van der Waals surface area contributed by atoms with Crippen molar-refractivity contribution in [3.8, 4) is 0 Å². The summed E-state index contributed by atoms with van der Waals surface area (Å²) >= 11 is 0. The van der Waals surface area contributed by atoms with E-state index in [4.69, 9.17) is 0 Å². The van der Waals surface area contributed by atoms with E-state index in [2.05, 4.69) is 30.8 Å². The second-order valence-electron chi connectivity index (χ2n) is 6.18. The number of carbonyl (C=O) groups excluding carboxylic acids is 1. The topological polar surface area (TPSA) is 17.1 Å². The first kappa shape index (κ1) is 16.9. The number of benzene rings is 3. The average molecular weight is 326 g/mol. The third-order valence-electron chi connectivity index (χ3n) is 4.60. The molecule has 3 rings (SSSR count). The number of carbonyl (C=O) groups is 1. The first-order valence-electron chi connectivity index (χ1n) is 8.60. The molecule has 3 aromatic carbocycles. The molecular formula is C24H22O. The molecule has 2 atom stereocenters. The molecule has 0 heterocycles. The Kier molecular flexibility index (Phi) is 5.58. The predicted molar refractivity (Wildman–Crippen MR) is 104 cm³/mol. The Labute approximate surface area is 149 Å². The minimum Gasteiger partial charge on any atom is -0.294 e. The predicted octanol–water partition coefficient (Wildman–Crippen LogP) is 6.01. The lowest BCUT2D eigenvalue weighted by atomic mass is 9.78. The van der Waals surface area contributed by atoms with Crippen molar-refractivity contribution >= 4 is 5.78 Å². The second kappa shape index (κ2) is 8.25. The standard InChI is InChI=1S/C24H22O/c1-2-22(19-12-6-3-7-13-19)23(20-14-8-4-9-15-20)18-24(25)21-16-10-5-11-17-21/h2-17,22-23H,1,18H2. The van der Waals surface area contributed by atoms with Gasteiger partial charge in [-0.2, -0.15) is 0 Å². The highest BCUT2D eigenvalue weighted by Gasteiger charge is 2.25. The highest BCUT2D eigenvalue weighted by atomic mass is 16.1. The van der Waals surface area contributed by atoms with Crippen molar-refractivity contribution in [2.45, 2.75) is 18.3 Å². The van der Waals surface area contributed by atoms with Crippen molar-refractivity contribution in [1.82, 2.24) is 0 Å². The highest BCUT2D eigenvalue weighted by Crippen LogP contribution is 2.37. The molecule has 0 aliphatic heterocycles. The second-order valence-corrected chi connectivity index (χ2v) is 6.18. The summed E-state index contributed by atoms with van der Waals surface area (Å²) in [7, 11) is 0. The number of ketones is 1. The van der Waals surface area contributed by atoms with Gasteiger partial charge in [-0.1, -0.05) is 97.1 Å². The first-order valence-corrected chi connectivity index (χ1v) is 8.60. The van der Waals surface area contributed by atoms with Crippen LogP contribution in [0.2, 0.25) is 0 Å². The number of Topliss-reactive ketones (excluding diaryl/α,β-unsaturated/α-hetero) is 1. The zero-order valence-corrected chi connectivity index (χ0v) is 14.2. The van der Waals surface area contributed by atoms with Crippen LogP contribution >= 0.6 is 0 Å². The summed E-state index contributed by atoms with van der Waals surface area (Å²) in [6.07, 6.45) is 2.42. The van der Waals surface area contributed by atoms with E-state index in [1.54, 1.807) is 0 Å². The number of hydrogen-bond acceptors (Lipinski definition) is 1. The Morgan fingerprint density at radius 3 is 1.76 bits per heavy atom. The maximum absolute atomic E-state index is 12.8. The van der Waals surface area contributed by atoms with Crippen LogP contribution in [0.4, 0.5) is 0 Å². The zero-order chi connectivity index (χ0) is 17.5. The van der Waals surface area contributed by atoms with E-state index >= 15 is 0 Å². The monoisotopic (exact) mass is 326 g/mol. The first-order chi connectivity index (χ1) is 12.3. The Morgan fingerprint density at radius 1 is 0.760 bits per heavy atom. The van der Waals surface area contributed by atoms with Gasteiger partial charge >= 0.3 is 0 Å². The van der Waals surface area contributed by atoms with Crippen molar-refractivity contribution in [3.63, 3.8) is 0 Å². The van der Waals surface area contributed by atoms with Crippen LogP contribution in [0.5, 0.6) is 0 Å². The Morgan fingerprint density at radius 2 is 1.24 bits per heavy atom. The molecule has 1 heteroatoms. The molecule has 0 aromatic heterocycles. The van der Waals surface area contributed by atoms with E-state index in [9.17, 15) is 4.79 Å². The summed E-state index contributed by atoms with van der Waals surface area (Å²) < 4.78 is 0. The van der Waals surface area contributed by atoms with Gasteiger partial charge in [-0.05, 0) is 11.1 Å². The van der Waals surface area contributed by atoms with Gasteiger partial charge in [0.15, 0.2) is 5.78 Å². The molecule has 0 radical (unpaired) electrons.